The summed E-state index contributed by atoms with van der Waals surface area (Å²) in [5.74, 6) is -0.302. The Morgan fingerprint density at radius 1 is 1.06 bits per heavy atom. The first-order chi connectivity index (χ1) is 16.2. The van der Waals surface area contributed by atoms with E-state index in [1.165, 1.54) is 18.2 Å². The Bertz CT molecular complexity index is 1500. The summed E-state index contributed by atoms with van der Waals surface area (Å²) in [5, 5.41) is 14.6. The molecule has 0 spiro atoms. The fraction of sp³-hybridized carbons (Fsp3) is 0.160. The average molecular weight is 475 g/mol. The number of para-hydroxylation sites is 1. The van der Waals surface area contributed by atoms with Crippen molar-refractivity contribution in [2.75, 3.05) is 11.1 Å². The minimum atomic E-state index is -0.480. The molecule has 0 aliphatic rings. The van der Waals surface area contributed by atoms with Crippen LogP contribution in [0, 0.1) is 30.9 Å². The molecule has 1 aromatic heterocycles. The second kappa shape index (κ2) is 9.48. The highest BCUT2D eigenvalue weighted by Crippen LogP contribution is 2.25. The van der Waals surface area contributed by atoms with E-state index in [-0.39, 0.29) is 22.9 Å². The van der Waals surface area contributed by atoms with Crippen LogP contribution in [0.15, 0.2) is 70.6 Å². The van der Waals surface area contributed by atoms with Crippen LogP contribution in [0.5, 0.6) is 0 Å². The van der Waals surface area contributed by atoms with Crippen molar-refractivity contribution in [3.05, 3.63) is 97.8 Å². The zero-order valence-corrected chi connectivity index (χ0v) is 19.7. The number of aryl methyl sites for hydroxylation is 3. The number of nitro groups is 1. The van der Waals surface area contributed by atoms with Gasteiger partial charge in [-0.25, -0.2) is 4.98 Å². The number of rotatable bonds is 6. The van der Waals surface area contributed by atoms with Gasteiger partial charge in [0.25, 0.3) is 11.2 Å². The lowest BCUT2D eigenvalue weighted by atomic mass is 10.1. The fourth-order valence-electron chi connectivity index (χ4n) is 3.60. The maximum atomic E-state index is 13.4. The number of amides is 1. The molecule has 0 fully saturated rings. The number of hydrogen-bond donors (Lipinski definition) is 1. The molecule has 3 aromatic carbocycles. The largest absolute Gasteiger partial charge is 0.325 e. The van der Waals surface area contributed by atoms with Crippen molar-refractivity contribution >= 4 is 39.9 Å². The summed E-state index contributed by atoms with van der Waals surface area (Å²) in [5.41, 5.74) is 4.04. The van der Waals surface area contributed by atoms with Gasteiger partial charge in [0, 0.05) is 17.8 Å². The summed E-state index contributed by atoms with van der Waals surface area (Å²) in [6, 6.07) is 17.2. The molecule has 4 aromatic rings. The number of non-ortho nitro benzene ring substituents is 1. The van der Waals surface area contributed by atoms with E-state index < -0.39 is 4.92 Å². The molecule has 0 unspecified atom stereocenters. The topological polar surface area (TPSA) is 107 Å². The molecule has 172 valence electrons. The molecule has 0 aliphatic carbocycles. The summed E-state index contributed by atoms with van der Waals surface area (Å²) < 4.78 is 1.56. The third kappa shape index (κ3) is 4.69. The Morgan fingerprint density at radius 2 is 1.82 bits per heavy atom. The molecular formula is C25H22N4O4S. The number of carbonyl (C=O) groups excluding carboxylic acids is 1. The van der Waals surface area contributed by atoms with Crippen LogP contribution in [0.4, 0.5) is 11.4 Å². The Balaban J connectivity index is 1.66. The first-order valence-electron chi connectivity index (χ1n) is 10.5. The van der Waals surface area contributed by atoms with Gasteiger partial charge in [0.2, 0.25) is 5.91 Å². The molecule has 1 N–H and O–H groups in total. The molecule has 34 heavy (non-hydrogen) atoms. The molecule has 0 saturated heterocycles. The maximum absolute atomic E-state index is 13.4. The second-order valence-corrected chi connectivity index (χ2v) is 8.88. The Morgan fingerprint density at radius 3 is 2.56 bits per heavy atom. The molecule has 1 amide bonds. The van der Waals surface area contributed by atoms with Crippen LogP contribution in [0.1, 0.15) is 16.7 Å². The van der Waals surface area contributed by atoms with Gasteiger partial charge in [-0.2, -0.15) is 0 Å². The second-order valence-electron chi connectivity index (χ2n) is 7.94. The molecule has 0 bridgehead atoms. The molecule has 1 heterocycles. The SMILES string of the molecule is Cc1ccc(C)c(-n2c(SCC(=O)Nc3ccc([N+](=O)[O-])cc3C)nc3ccccc3c2=O)c1. The Labute approximate surface area is 199 Å². The first kappa shape index (κ1) is 23.2. The molecular weight excluding hydrogens is 452 g/mol. The van der Waals surface area contributed by atoms with Gasteiger partial charge in [-0.15, -0.1) is 0 Å². The van der Waals surface area contributed by atoms with E-state index in [0.717, 1.165) is 28.6 Å². The van der Waals surface area contributed by atoms with E-state index in [0.29, 0.717) is 27.3 Å². The van der Waals surface area contributed by atoms with Crippen LogP contribution in [0.3, 0.4) is 0 Å². The number of nitrogens with one attached hydrogen (secondary N) is 1. The van der Waals surface area contributed by atoms with Gasteiger partial charge in [-0.05, 0) is 61.7 Å². The van der Waals surface area contributed by atoms with Crippen LogP contribution in [0.2, 0.25) is 0 Å². The van der Waals surface area contributed by atoms with E-state index in [4.69, 9.17) is 0 Å². The van der Waals surface area contributed by atoms with Crippen molar-refractivity contribution in [2.45, 2.75) is 25.9 Å². The normalized spacial score (nSPS) is 10.9. The van der Waals surface area contributed by atoms with Crippen LogP contribution in [0.25, 0.3) is 16.6 Å². The van der Waals surface area contributed by atoms with E-state index in [2.05, 4.69) is 10.3 Å². The third-order valence-electron chi connectivity index (χ3n) is 5.38. The first-order valence-corrected chi connectivity index (χ1v) is 11.5. The van der Waals surface area contributed by atoms with Crippen molar-refractivity contribution in [1.29, 1.82) is 0 Å². The fourth-order valence-corrected chi connectivity index (χ4v) is 4.41. The number of thioether (sulfide) groups is 1. The molecule has 0 radical (unpaired) electrons. The quantitative estimate of drug-likeness (QED) is 0.183. The van der Waals surface area contributed by atoms with Gasteiger partial charge in [0.1, 0.15) is 0 Å². The summed E-state index contributed by atoms with van der Waals surface area (Å²) in [6.45, 7) is 5.57. The highest BCUT2D eigenvalue weighted by molar-refractivity contribution is 7.99. The van der Waals surface area contributed by atoms with Gasteiger partial charge in [0.15, 0.2) is 5.16 Å². The Kier molecular flexibility index (Phi) is 6.47. The smallest absolute Gasteiger partial charge is 0.269 e. The molecule has 4 rings (SSSR count). The van der Waals surface area contributed by atoms with Gasteiger partial charge < -0.3 is 5.32 Å². The van der Waals surface area contributed by atoms with Crippen LogP contribution in [-0.4, -0.2) is 26.1 Å². The van der Waals surface area contributed by atoms with E-state index in [1.54, 1.807) is 29.7 Å². The molecule has 8 nitrogen and oxygen atoms in total. The van der Waals surface area contributed by atoms with E-state index in [9.17, 15) is 19.7 Å². The van der Waals surface area contributed by atoms with Gasteiger partial charge in [-0.1, -0.05) is 36.0 Å². The van der Waals surface area contributed by atoms with Gasteiger partial charge in [0.05, 0.1) is 27.3 Å². The summed E-state index contributed by atoms with van der Waals surface area (Å²) in [7, 11) is 0. The predicted octanol–water partition coefficient (Wildman–Crippen LogP) is 4.95. The van der Waals surface area contributed by atoms with E-state index in [1.807, 2.05) is 38.1 Å². The summed E-state index contributed by atoms with van der Waals surface area (Å²) >= 11 is 1.16. The van der Waals surface area contributed by atoms with Gasteiger partial charge in [-0.3, -0.25) is 24.3 Å². The van der Waals surface area contributed by atoms with E-state index >= 15 is 0 Å². The van der Waals surface area contributed by atoms with Crippen molar-refractivity contribution in [3.63, 3.8) is 0 Å². The molecule has 9 heteroatoms. The Hall–Kier alpha value is -3.98. The standard InChI is InChI=1S/C25H22N4O4S/c1-15-8-9-16(2)22(12-15)28-24(31)19-6-4-5-7-21(19)27-25(28)34-14-23(30)26-20-11-10-18(29(32)33)13-17(20)3/h4-13H,14H2,1-3H3,(H,26,30). The predicted molar refractivity (Wildman–Crippen MR) is 134 cm³/mol. The molecule has 0 saturated carbocycles. The molecule has 0 aliphatic heterocycles. The lowest BCUT2D eigenvalue weighted by Gasteiger charge is -2.16. The minimum absolute atomic E-state index is 0.00602. The van der Waals surface area contributed by atoms with Crippen molar-refractivity contribution < 1.29 is 9.72 Å². The number of nitro benzene ring substituents is 1. The monoisotopic (exact) mass is 474 g/mol. The third-order valence-corrected chi connectivity index (χ3v) is 6.32. The number of hydrogen-bond acceptors (Lipinski definition) is 6. The average Bonchev–Trinajstić information content (AvgIpc) is 2.81. The number of aromatic nitrogens is 2. The number of anilines is 1. The lowest BCUT2D eigenvalue weighted by Crippen LogP contribution is -2.23. The minimum Gasteiger partial charge on any atom is -0.325 e. The zero-order valence-electron chi connectivity index (χ0n) is 18.9. The highest BCUT2D eigenvalue weighted by Gasteiger charge is 2.17. The number of carbonyl (C=O) groups is 1. The highest BCUT2D eigenvalue weighted by atomic mass is 32.2. The van der Waals surface area contributed by atoms with Crippen LogP contribution in [-0.2, 0) is 4.79 Å². The summed E-state index contributed by atoms with van der Waals surface area (Å²) in [6.07, 6.45) is 0. The van der Waals surface area contributed by atoms with Gasteiger partial charge >= 0.3 is 0 Å². The van der Waals surface area contributed by atoms with Crippen molar-refractivity contribution in [2.24, 2.45) is 0 Å². The molecule has 0 atom stereocenters. The summed E-state index contributed by atoms with van der Waals surface area (Å²) in [4.78, 5) is 41.3. The van der Waals surface area contributed by atoms with Crippen LogP contribution < -0.4 is 10.9 Å². The van der Waals surface area contributed by atoms with Crippen molar-refractivity contribution in [3.8, 4) is 5.69 Å². The van der Waals surface area contributed by atoms with Crippen molar-refractivity contribution in [1.82, 2.24) is 9.55 Å². The lowest BCUT2D eigenvalue weighted by molar-refractivity contribution is -0.384. The number of nitrogens with zero attached hydrogens (tertiary/aromatic N) is 3. The maximum Gasteiger partial charge on any atom is 0.269 e. The number of benzene rings is 3. The zero-order chi connectivity index (χ0) is 24.4. The number of fused-ring (bicyclic) bond motifs is 1. The van der Waals surface area contributed by atoms with Crippen LogP contribution >= 0.6 is 11.8 Å².